The Hall–Kier alpha value is -1.86. The number of amides is 1. The molecule has 1 heterocycles. The number of nitrogens with zero attached hydrogens (tertiary/aromatic N) is 1. The van der Waals surface area contributed by atoms with E-state index in [1.165, 1.54) is 49.6 Å². The number of hydrogen-bond donors (Lipinski definition) is 0. The van der Waals surface area contributed by atoms with Gasteiger partial charge in [-0.1, -0.05) is 24.0 Å². The fraction of sp³-hybridized carbons (Fsp3) is 0.312. The lowest BCUT2D eigenvalue weighted by molar-refractivity contribution is -0.117. The van der Waals surface area contributed by atoms with Crippen molar-refractivity contribution in [1.82, 2.24) is 0 Å². The number of ketones is 3. The Morgan fingerprint density at radius 3 is 2.22 bits per heavy atom. The zero-order valence-electron chi connectivity index (χ0n) is 13.0. The number of benzene rings is 1. The highest BCUT2D eigenvalue weighted by molar-refractivity contribution is 8.23. The third-order valence-electron chi connectivity index (χ3n) is 3.47. The van der Waals surface area contributed by atoms with Crippen LogP contribution in [-0.2, 0) is 4.79 Å². The van der Waals surface area contributed by atoms with E-state index < -0.39 is 0 Å². The summed E-state index contributed by atoms with van der Waals surface area (Å²) in [6, 6.07) is 2.86. The van der Waals surface area contributed by atoms with Gasteiger partial charge in [0.05, 0.1) is 11.3 Å². The average molecular weight is 349 g/mol. The van der Waals surface area contributed by atoms with Crippen molar-refractivity contribution < 1.29 is 19.2 Å². The van der Waals surface area contributed by atoms with E-state index in [1.807, 2.05) is 0 Å². The Morgan fingerprint density at radius 2 is 1.74 bits per heavy atom. The summed E-state index contributed by atoms with van der Waals surface area (Å²) in [6.45, 7) is 4.01. The Bertz CT molecular complexity index is 739. The first kappa shape index (κ1) is 17.5. The second-order valence-corrected chi connectivity index (χ2v) is 6.91. The van der Waals surface area contributed by atoms with E-state index in [0.29, 0.717) is 10.1 Å². The van der Waals surface area contributed by atoms with Gasteiger partial charge < -0.3 is 0 Å². The summed E-state index contributed by atoms with van der Waals surface area (Å²) in [5, 5.41) is 0. The maximum Gasteiger partial charge on any atom is 0.233 e. The lowest BCUT2D eigenvalue weighted by Gasteiger charge is -2.29. The minimum absolute atomic E-state index is 0.126. The normalized spacial score (nSPS) is 14.8. The zero-order valence-corrected chi connectivity index (χ0v) is 14.6. The van der Waals surface area contributed by atoms with Gasteiger partial charge in [0.15, 0.2) is 17.3 Å². The summed E-state index contributed by atoms with van der Waals surface area (Å²) in [7, 11) is 0. The summed E-state index contributed by atoms with van der Waals surface area (Å²) in [6.07, 6.45) is 0.280. The number of carbonyl (C=O) groups excluding carboxylic acids is 4. The average Bonchev–Trinajstić information content (AvgIpc) is 2.45. The maximum absolute atomic E-state index is 12.3. The van der Waals surface area contributed by atoms with Gasteiger partial charge in [0, 0.05) is 23.3 Å². The van der Waals surface area contributed by atoms with Crippen molar-refractivity contribution in [3.8, 4) is 0 Å². The molecule has 0 N–H and O–H groups in total. The first-order valence-corrected chi connectivity index (χ1v) is 8.34. The van der Waals surface area contributed by atoms with Gasteiger partial charge in [-0.15, -0.1) is 0 Å². The van der Waals surface area contributed by atoms with E-state index >= 15 is 0 Å². The standard InChI is InChI=1S/C16H15NO4S2/c1-8(18)11-6-12(9(2)19)15(10(3)20)13(7-11)17-14(21)4-5-23-16(17)22/h6-7H,4-5H2,1-3H3. The fourth-order valence-electron chi connectivity index (χ4n) is 2.39. The van der Waals surface area contributed by atoms with Gasteiger partial charge in [0.2, 0.25) is 5.91 Å². The lowest BCUT2D eigenvalue weighted by Crippen LogP contribution is -2.39. The van der Waals surface area contributed by atoms with Crippen molar-refractivity contribution >= 4 is 57.2 Å². The predicted molar refractivity (Wildman–Crippen MR) is 93.6 cm³/mol. The molecule has 1 aromatic carbocycles. The molecule has 0 radical (unpaired) electrons. The van der Waals surface area contributed by atoms with Crippen molar-refractivity contribution in [2.75, 3.05) is 10.7 Å². The number of rotatable bonds is 4. The topological polar surface area (TPSA) is 71.5 Å². The van der Waals surface area contributed by atoms with E-state index in [4.69, 9.17) is 12.2 Å². The molecule has 120 valence electrons. The minimum Gasteiger partial charge on any atom is -0.295 e. The predicted octanol–water partition coefficient (Wildman–Crippen LogP) is 3.05. The van der Waals surface area contributed by atoms with Crippen LogP contribution in [0, 0.1) is 0 Å². The van der Waals surface area contributed by atoms with Crippen LogP contribution in [0.15, 0.2) is 12.1 Å². The largest absolute Gasteiger partial charge is 0.295 e. The van der Waals surface area contributed by atoms with Crippen LogP contribution in [0.5, 0.6) is 0 Å². The van der Waals surface area contributed by atoms with Crippen molar-refractivity contribution in [3.63, 3.8) is 0 Å². The summed E-state index contributed by atoms with van der Waals surface area (Å²) in [5.74, 6) is -0.623. The molecule has 7 heteroatoms. The van der Waals surface area contributed by atoms with Gasteiger partial charge in [0.1, 0.15) is 4.32 Å². The SMILES string of the molecule is CC(=O)c1cc(C(C)=O)c(C(C)=O)c(N2C(=O)CCSC2=S)c1. The zero-order chi connectivity index (χ0) is 17.3. The molecular weight excluding hydrogens is 334 g/mol. The first-order valence-electron chi connectivity index (χ1n) is 6.94. The van der Waals surface area contributed by atoms with Crippen molar-refractivity contribution in [2.24, 2.45) is 0 Å². The molecule has 0 bridgehead atoms. The van der Waals surface area contributed by atoms with Crippen LogP contribution in [-0.4, -0.2) is 33.3 Å². The number of hydrogen-bond acceptors (Lipinski definition) is 6. The molecule has 2 rings (SSSR count). The Balaban J connectivity index is 2.80. The van der Waals surface area contributed by atoms with Gasteiger partial charge in [-0.05, 0) is 32.9 Å². The Kier molecular flexibility index (Phi) is 5.11. The molecule has 1 aliphatic rings. The highest BCUT2D eigenvalue weighted by Crippen LogP contribution is 2.33. The summed E-state index contributed by atoms with van der Waals surface area (Å²) in [4.78, 5) is 49.4. The first-order chi connectivity index (χ1) is 10.7. The van der Waals surface area contributed by atoms with Crippen LogP contribution < -0.4 is 4.90 Å². The van der Waals surface area contributed by atoms with Crippen LogP contribution in [0.4, 0.5) is 5.69 Å². The van der Waals surface area contributed by atoms with E-state index in [0.717, 1.165) is 0 Å². The van der Waals surface area contributed by atoms with Gasteiger partial charge in [-0.3, -0.25) is 24.1 Å². The molecule has 5 nitrogen and oxygen atoms in total. The molecule has 0 aromatic heterocycles. The van der Waals surface area contributed by atoms with E-state index in [2.05, 4.69) is 0 Å². The van der Waals surface area contributed by atoms with Crippen LogP contribution in [0.3, 0.4) is 0 Å². The second-order valence-electron chi connectivity index (χ2n) is 5.18. The molecule has 1 saturated heterocycles. The molecular formula is C16H15NO4S2. The molecule has 0 aliphatic carbocycles. The van der Waals surface area contributed by atoms with E-state index in [-0.39, 0.29) is 52.1 Å². The van der Waals surface area contributed by atoms with Crippen molar-refractivity contribution in [2.45, 2.75) is 27.2 Å². The number of carbonyl (C=O) groups is 4. The van der Waals surface area contributed by atoms with Crippen LogP contribution >= 0.6 is 24.0 Å². The number of thioether (sulfide) groups is 1. The summed E-state index contributed by atoms with van der Waals surface area (Å²) >= 11 is 6.57. The molecule has 1 fully saturated rings. The molecule has 1 amide bonds. The van der Waals surface area contributed by atoms with Crippen LogP contribution in [0.1, 0.15) is 58.3 Å². The Morgan fingerprint density at radius 1 is 1.09 bits per heavy atom. The van der Waals surface area contributed by atoms with Crippen molar-refractivity contribution in [3.05, 3.63) is 28.8 Å². The van der Waals surface area contributed by atoms with Crippen LogP contribution in [0.25, 0.3) is 0 Å². The third kappa shape index (κ3) is 3.40. The number of anilines is 1. The summed E-state index contributed by atoms with van der Waals surface area (Å²) < 4.78 is 0.318. The van der Waals surface area contributed by atoms with Gasteiger partial charge in [0.25, 0.3) is 0 Å². The molecule has 23 heavy (non-hydrogen) atoms. The van der Waals surface area contributed by atoms with Gasteiger partial charge >= 0.3 is 0 Å². The number of Topliss-reactive ketones (excluding diaryl/α,β-unsaturated/α-hetero) is 3. The molecule has 0 saturated carbocycles. The quantitative estimate of drug-likeness (QED) is 0.614. The molecule has 1 aromatic rings. The molecule has 0 unspecified atom stereocenters. The van der Waals surface area contributed by atoms with Gasteiger partial charge in [-0.2, -0.15) is 0 Å². The molecule has 1 aliphatic heterocycles. The van der Waals surface area contributed by atoms with Crippen LogP contribution in [0.2, 0.25) is 0 Å². The molecule has 0 spiro atoms. The smallest absolute Gasteiger partial charge is 0.233 e. The number of thiocarbonyl (C=S) groups is 1. The van der Waals surface area contributed by atoms with E-state index in [1.54, 1.807) is 0 Å². The third-order valence-corrected chi connectivity index (χ3v) is 4.84. The minimum atomic E-state index is -0.355. The summed E-state index contributed by atoms with van der Waals surface area (Å²) in [5.41, 5.74) is 0.742. The fourth-order valence-corrected chi connectivity index (χ4v) is 3.62. The highest BCUT2D eigenvalue weighted by atomic mass is 32.2. The molecule has 0 atom stereocenters. The van der Waals surface area contributed by atoms with E-state index in [9.17, 15) is 19.2 Å². The monoisotopic (exact) mass is 349 g/mol. The highest BCUT2D eigenvalue weighted by Gasteiger charge is 2.30. The second kappa shape index (κ2) is 6.72. The lowest BCUT2D eigenvalue weighted by atomic mass is 9.94. The Labute approximate surface area is 143 Å². The van der Waals surface area contributed by atoms with Crippen molar-refractivity contribution in [1.29, 1.82) is 0 Å². The van der Waals surface area contributed by atoms with Gasteiger partial charge in [-0.25, -0.2) is 0 Å². The maximum atomic E-state index is 12.3.